The number of halogens is 1. The summed E-state index contributed by atoms with van der Waals surface area (Å²) in [5, 5.41) is 0.532. The fraction of sp³-hybridized carbons (Fsp3) is 0.586. The Labute approximate surface area is 263 Å². The fourth-order valence-electron chi connectivity index (χ4n) is 7.58. The van der Waals surface area contributed by atoms with Crippen LogP contribution in [-0.4, -0.2) is 63.3 Å². The first kappa shape index (κ1) is 29.4. The molecular weight excluding hydrogens is 629 g/mol. The summed E-state index contributed by atoms with van der Waals surface area (Å²) in [6.07, 6.45) is 2.78. The molecule has 45 heavy (non-hydrogen) atoms. The Kier molecular flexibility index (Phi) is 7.23. The summed E-state index contributed by atoms with van der Waals surface area (Å²) in [7, 11) is -4.01. The molecule has 3 aromatic rings. The average Bonchev–Trinajstić information content (AvgIpc) is 3.82. The predicted octanol–water partition coefficient (Wildman–Crippen LogP) is 5.37. The van der Waals surface area contributed by atoms with Gasteiger partial charge < -0.3 is 24.7 Å². The summed E-state index contributed by atoms with van der Waals surface area (Å²) in [6.45, 7) is 2.08. The van der Waals surface area contributed by atoms with E-state index in [1.54, 1.807) is 29.7 Å². The van der Waals surface area contributed by atoms with Crippen molar-refractivity contribution in [2.45, 2.75) is 69.2 Å². The molecule has 2 aromatic heterocycles. The summed E-state index contributed by atoms with van der Waals surface area (Å²) in [6, 6.07) is 7.11. The number of ether oxygens (including phenoxy) is 4. The molecule has 0 amide bonds. The number of benzene rings is 1. The lowest BCUT2D eigenvalue weighted by Crippen LogP contribution is -2.42. The number of phosphoric ester groups is 1. The number of phosphoric acid groups is 1. The molecule has 0 spiro atoms. The first-order valence-electron chi connectivity index (χ1n) is 15.2. The van der Waals surface area contributed by atoms with E-state index in [4.69, 9.17) is 49.9 Å². The second-order valence-electron chi connectivity index (χ2n) is 12.6. The van der Waals surface area contributed by atoms with Crippen LogP contribution in [0.5, 0.6) is 5.88 Å². The lowest BCUT2D eigenvalue weighted by molar-refractivity contribution is -0.0925. The third-order valence-corrected chi connectivity index (χ3v) is 11.4. The van der Waals surface area contributed by atoms with Gasteiger partial charge in [-0.1, -0.05) is 30.2 Å². The zero-order valence-electron chi connectivity index (χ0n) is 24.5. The molecule has 5 fully saturated rings. The second-order valence-corrected chi connectivity index (χ2v) is 14.6. The Morgan fingerprint density at radius 3 is 2.89 bits per heavy atom. The van der Waals surface area contributed by atoms with Crippen LogP contribution in [0.1, 0.15) is 56.9 Å². The van der Waals surface area contributed by atoms with Gasteiger partial charge in [-0.15, -0.1) is 0 Å². The molecule has 3 saturated heterocycles. The summed E-state index contributed by atoms with van der Waals surface area (Å²) in [4.78, 5) is 25.7. The monoisotopic (exact) mass is 661 g/mol. The van der Waals surface area contributed by atoms with Crippen molar-refractivity contribution in [3.63, 3.8) is 0 Å². The number of nitrogen functional groups attached to an aromatic ring is 1. The number of anilines is 1. The van der Waals surface area contributed by atoms with E-state index in [1.807, 2.05) is 6.07 Å². The molecule has 1 aromatic carbocycles. The summed E-state index contributed by atoms with van der Waals surface area (Å²) in [5.41, 5.74) is 6.30. The number of nitrogens with two attached hydrogens (primary N) is 1. The van der Waals surface area contributed by atoms with Gasteiger partial charge in [-0.2, -0.15) is 9.97 Å². The van der Waals surface area contributed by atoms with Crippen LogP contribution in [-0.2, 0) is 32.3 Å². The Morgan fingerprint density at radius 1 is 1.20 bits per heavy atom. The highest BCUT2D eigenvalue weighted by atomic mass is 35.5. The minimum atomic E-state index is -4.01. The van der Waals surface area contributed by atoms with E-state index in [9.17, 15) is 9.36 Å². The van der Waals surface area contributed by atoms with Crippen LogP contribution in [0.4, 0.5) is 10.7 Å². The number of fused-ring (bicyclic) bond motifs is 4. The van der Waals surface area contributed by atoms with Crippen molar-refractivity contribution in [3.8, 4) is 5.88 Å². The van der Waals surface area contributed by atoms with Gasteiger partial charge in [-0.05, 0) is 61.6 Å². The largest absolute Gasteiger partial charge is 0.509 e. The topological polar surface area (TPSA) is 168 Å². The van der Waals surface area contributed by atoms with Crippen LogP contribution in [0.25, 0.3) is 11.2 Å². The molecule has 5 aliphatic rings. The van der Waals surface area contributed by atoms with Crippen LogP contribution in [0.15, 0.2) is 30.6 Å². The Morgan fingerprint density at radius 2 is 2.09 bits per heavy atom. The van der Waals surface area contributed by atoms with E-state index in [-0.39, 0.29) is 25.0 Å². The molecule has 14 nitrogen and oxygen atoms in total. The third kappa shape index (κ3) is 5.25. The Hall–Kier alpha value is -3.00. The lowest BCUT2D eigenvalue weighted by Gasteiger charge is -2.30. The van der Waals surface area contributed by atoms with Crippen molar-refractivity contribution in [2.75, 3.05) is 25.6 Å². The summed E-state index contributed by atoms with van der Waals surface area (Å²) in [5.74, 6) is 2.25. The van der Waals surface area contributed by atoms with Crippen LogP contribution in [0.2, 0.25) is 5.02 Å². The van der Waals surface area contributed by atoms with E-state index in [2.05, 4.69) is 15.0 Å². The maximum atomic E-state index is 13.5. The standard InChI is InChI=1S/C29H33ClN5O9P/c1-29-23(42-28(36)43-29)21(13-40-45(37)39-8-7-20(44-45)17-3-2-4-19(30)11-17)41-26(29)35-14-32-22-24(35)33-27(31)34-25(22)38-12-18-10-15-5-6-16(18)9-15/h2-4,11,14-16,18,20-21,23,26H,5-10,12-13H2,1H3,(H2,31,33,34)/t15?,16?,18?,20-,21+,23+,26+,29+,45+/m0/s1. The molecular formula is C29H33ClN5O9P. The fourth-order valence-corrected chi connectivity index (χ4v) is 9.17. The van der Waals surface area contributed by atoms with Crippen molar-refractivity contribution in [1.29, 1.82) is 0 Å². The highest BCUT2D eigenvalue weighted by Crippen LogP contribution is 2.58. The number of hydrogen-bond acceptors (Lipinski definition) is 13. The zero-order chi connectivity index (χ0) is 30.9. The van der Waals surface area contributed by atoms with E-state index >= 15 is 0 Å². The normalized spacial score (nSPS) is 37.1. The molecule has 0 radical (unpaired) electrons. The molecule has 2 N–H and O–H groups in total. The average molecular weight is 662 g/mol. The molecule has 2 saturated carbocycles. The van der Waals surface area contributed by atoms with Gasteiger partial charge in [0.25, 0.3) is 0 Å². The highest BCUT2D eigenvalue weighted by molar-refractivity contribution is 7.48. The molecule has 2 aliphatic carbocycles. The number of carbonyl (C=O) groups is 1. The van der Waals surface area contributed by atoms with E-state index in [1.165, 1.54) is 25.6 Å². The lowest BCUT2D eigenvalue weighted by atomic mass is 9.90. The van der Waals surface area contributed by atoms with Gasteiger partial charge in [0.2, 0.25) is 11.8 Å². The number of carbonyl (C=O) groups excluding carboxylic acids is 1. The Balaban J connectivity index is 1.01. The molecule has 9 atom stereocenters. The minimum Gasteiger partial charge on any atom is -0.476 e. The summed E-state index contributed by atoms with van der Waals surface area (Å²) >= 11 is 6.14. The number of imidazole rings is 1. The second kappa shape index (κ2) is 11.1. The van der Waals surface area contributed by atoms with Crippen molar-refractivity contribution < 1.29 is 41.9 Å². The van der Waals surface area contributed by atoms with Crippen molar-refractivity contribution in [3.05, 3.63) is 41.2 Å². The number of nitrogens with zero attached hydrogens (tertiary/aromatic N) is 4. The molecule has 2 bridgehead atoms. The van der Waals surface area contributed by atoms with Crippen molar-refractivity contribution >= 4 is 42.7 Å². The van der Waals surface area contributed by atoms with Crippen LogP contribution >= 0.6 is 19.4 Å². The SMILES string of the molecule is C[C@@]12OC(=O)O[C@@H]1[C@@H](CO[P@@]1(=O)OCC[C@@H](c3cccc(Cl)c3)O1)O[C@H]2n1cnc2c(OCC3CC4CCC3C4)nc(N)nc21. The van der Waals surface area contributed by atoms with E-state index in [0.29, 0.717) is 41.1 Å². The van der Waals surface area contributed by atoms with Gasteiger partial charge in [0.15, 0.2) is 29.1 Å². The molecule has 3 aliphatic heterocycles. The Bertz CT molecular complexity index is 1690. The van der Waals surface area contributed by atoms with Crippen molar-refractivity contribution in [1.82, 2.24) is 19.5 Å². The third-order valence-electron chi connectivity index (χ3n) is 9.70. The molecule has 240 valence electrons. The molecule has 16 heteroatoms. The molecule has 8 rings (SSSR count). The summed E-state index contributed by atoms with van der Waals surface area (Å²) < 4.78 is 55.8. The number of rotatable bonds is 8. The first-order valence-corrected chi connectivity index (χ1v) is 17.0. The number of aromatic nitrogens is 4. The van der Waals surface area contributed by atoms with Crippen LogP contribution in [0.3, 0.4) is 0 Å². The highest BCUT2D eigenvalue weighted by Gasteiger charge is 2.64. The van der Waals surface area contributed by atoms with Gasteiger partial charge in [-0.25, -0.2) is 14.3 Å². The van der Waals surface area contributed by atoms with Crippen molar-refractivity contribution in [2.24, 2.45) is 17.8 Å². The van der Waals surface area contributed by atoms with Gasteiger partial charge in [0.1, 0.15) is 6.10 Å². The van der Waals surface area contributed by atoms with Gasteiger partial charge in [0, 0.05) is 11.4 Å². The first-order chi connectivity index (χ1) is 21.7. The van der Waals surface area contributed by atoms with Crippen LogP contribution < -0.4 is 10.5 Å². The van der Waals surface area contributed by atoms with Crippen LogP contribution in [0, 0.1) is 17.8 Å². The van der Waals surface area contributed by atoms with Gasteiger partial charge in [-0.3, -0.25) is 18.1 Å². The molecule has 3 unspecified atom stereocenters. The number of hydrogen-bond donors (Lipinski definition) is 1. The molecule has 5 heterocycles. The zero-order valence-corrected chi connectivity index (χ0v) is 26.1. The minimum absolute atomic E-state index is 0.00499. The predicted molar refractivity (Wildman–Crippen MR) is 157 cm³/mol. The maximum Gasteiger partial charge on any atom is 0.509 e. The van der Waals surface area contributed by atoms with E-state index < -0.39 is 44.1 Å². The van der Waals surface area contributed by atoms with Gasteiger partial charge >= 0.3 is 14.0 Å². The smallest absolute Gasteiger partial charge is 0.476 e. The van der Waals surface area contributed by atoms with Gasteiger partial charge in [0.05, 0.1) is 32.3 Å². The van der Waals surface area contributed by atoms with E-state index in [0.717, 1.165) is 17.9 Å². The quantitative estimate of drug-likeness (QED) is 0.242. The maximum absolute atomic E-state index is 13.5.